The fraction of sp³-hybridized carbons (Fsp3) is 0.308. The van der Waals surface area contributed by atoms with Crippen LogP contribution in [-0.2, 0) is 19.4 Å². The van der Waals surface area contributed by atoms with E-state index in [4.69, 9.17) is 29.9 Å². The van der Waals surface area contributed by atoms with Crippen LogP contribution in [0.2, 0.25) is 0 Å². The molecule has 10 nitrogen and oxygen atoms in total. The van der Waals surface area contributed by atoms with Crippen molar-refractivity contribution in [3.05, 3.63) is 72.8 Å². The number of carbonyl (C=O) groups is 2. The molecule has 0 spiro atoms. The van der Waals surface area contributed by atoms with Crippen molar-refractivity contribution >= 4 is 21.8 Å². The average molecular weight is 539 g/mol. The lowest BCUT2D eigenvalue weighted by Gasteiger charge is -2.09. The molecule has 0 saturated heterocycles. The minimum absolute atomic E-state index is 0.0478. The van der Waals surface area contributed by atoms with Crippen molar-refractivity contribution in [1.82, 2.24) is 0 Å². The van der Waals surface area contributed by atoms with Gasteiger partial charge in [0.2, 0.25) is 9.84 Å². The summed E-state index contributed by atoms with van der Waals surface area (Å²) < 4.78 is 36.0. The van der Waals surface area contributed by atoms with Gasteiger partial charge in [-0.15, -0.1) is 0 Å². The summed E-state index contributed by atoms with van der Waals surface area (Å²) in [4.78, 5) is 19.6. The molecule has 0 aliphatic rings. The summed E-state index contributed by atoms with van der Waals surface area (Å²) >= 11 is 0. The average Bonchev–Trinajstić information content (AvgIpc) is 2.85. The number of benzene rings is 2. The molecule has 0 aliphatic carbocycles. The molecule has 0 radical (unpaired) electrons. The van der Waals surface area contributed by atoms with E-state index in [0.717, 1.165) is 0 Å². The first-order valence-electron chi connectivity index (χ1n) is 11.1. The van der Waals surface area contributed by atoms with E-state index in [9.17, 15) is 18.0 Å². The molecular weight excluding hydrogens is 504 g/mol. The molecule has 0 aromatic heterocycles. The van der Waals surface area contributed by atoms with Crippen molar-refractivity contribution in [3.63, 3.8) is 0 Å². The third-order valence-electron chi connectivity index (χ3n) is 4.14. The molecule has 0 bridgehead atoms. The van der Waals surface area contributed by atoms with Crippen LogP contribution in [0.3, 0.4) is 0 Å². The van der Waals surface area contributed by atoms with Gasteiger partial charge in [-0.2, -0.15) is 0 Å². The maximum atomic E-state index is 12.6. The second-order valence-electron chi connectivity index (χ2n) is 7.47. The van der Waals surface area contributed by atoms with Crippen molar-refractivity contribution in [2.24, 2.45) is 0 Å². The van der Waals surface area contributed by atoms with Crippen LogP contribution in [0.25, 0.3) is 0 Å². The van der Waals surface area contributed by atoms with Gasteiger partial charge in [-0.25, -0.2) is 18.0 Å². The first kappa shape index (κ1) is 33.3. The maximum Gasteiger partial charge on any atom is 0.330 e. The molecular formula is C26H34O10S. The molecule has 0 saturated carbocycles. The second kappa shape index (κ2) is 17.7. The number of hydrogen-bond donors (Lipinski definition) is 4. The van der Waals surface area contributed by atoms with Crippen LogP contribution < -0.4 is 9.47 Å². The van der Waals surface area contributed by atoms with Gasteiger partial charge in [0.25, 0.3) is 0 Å². The van der Waals surface area contributed by atoms with Crippen LogP contribution in [0.15, 0.2) is 82.6 Å². The summed E-state index contributed by atoms with van der Waals surface area (Å²) in [5, 5.41) is 33.2. The van der Waals surface area contributed by atoms with E-state index in [2.05, 4.69) is 13.2 Å². The predicted molar refractivity (Wildman–Crippen MR) is 138 cm³/mol. The molecule has 0 heterocycles. The van der Waals surface area contributed by atoms with Gasteiger partial charge in [-0.05, 0) is 62.4 Å². The molecule has 4 N–H and O–H groups in total. The SMILES string of the molecule is C=C(C)C(=O)O.C=C(C)C(=O)O.O=S(=O)(c1ccc(OCCCO)cc1)c1ccc(OCCCO)cc1. The number of carboxylic acids is 2. The highest BCUT2D eigenvalue weighted by molar-refractivity contribution is 7.91. The second-order valence-corrected chi connectivity index (χ2v) is 9.42. The van der Waals surface area contributed by atoms with E-state index in [1.165, 1.54) is 38.1 Å². The summed E-state index contributed by atoms with van der Waals surface area (Å²) in [6.07, 6.45) is 1.04. The van der Waals surface area contributed by atoms with Gasteiger partial charge in [0.15, 0.2) is 0 Å². The zero-order valence-corrected chi connectivity index (χ0v) is 21.7. The van der Waals surface area contributed by atoms with Crippen LogP contribution >= 0.6 is 0 Å². The first-order chi connectivity index (χ1) is 17.4. The lowest BCUT2D eigenvalue weighted by Crippen LogP contribution is -2.04. The number of hydrogen-bond acceptors (Lipinski definition) is 8. The topological polar surface area (TPSA) is 168 Å². The summed E-state index contributed by atoms with van der Waals surface area (Å²) in [6.45, 7) is 10.0. The third kappa shape index (κ3) is 13.9. The predicted octanol–water partition coefficient (Wildman–Crippen LogP) is 3.34. The molecule has 0 fully saturated rings. The van der Waals surface area contributed by atoms with Crippen molar-refractivity contribution in [2.45, 2.75) is 36.5 Å². The van der Waals surface area contributed by atoms with Crippen molar-refractivity contribution < 1.29 is 47.9 Å². The Bertz CT molecular complexity index is 998. The zero-order chi connectivity index (χ0) is 28.4. The molecule has 11 heteroatoms. The zero-order valence-electron chi connectivity index (χ0n) is 20.9. The largest absolute Gasteiger partial charge is 0.494 e. The molecule has 0 unspecified atom stereocenters. The normalized spacial score (nSPS) is 10.1. The molecule has 0 aliphatic heterocycles. The van der Waals surface area contributed by atoms with Crippen LogP contribution in [0.5, 0.6) is 11.5 Å². The number of sulfone groups is 1. The van der Waals surface area contributed by atoms with Gasteiger partial charge in [0.1, 0.15) is 11.5 Å². The summed E-state index contributed by atoms with van der Waals surface area (Å²) in [7, 11) is -3.61. The number of aliphatic hydroxyl groups is 2. The number of aliphatic carboxylic acids is 2. The van der Waals surface area contributed by atoms with E-state index < -0.39 is 21.8 Å². The lowest BCUT2D eigenvalue weighted by molar-refractivity contribution is -0.133. The van der Waals surface area contributed by atoms with Gasteiger partial charge >= 0.3 is 11.9 Å². The Labute approximate surface area is 217 Å². The molecule has 0 amide bonds. The number of aliphatic hydroxyl groups excluding tert-OH is 2. The monoisotopic (exact) mass is 538 g/mol. The van der Waals surface area contributed by atoms with E-state index >= 15 is 0 Å². The summed E-state index contributed by atoms with van der Waals surface area (Å²) in [5.74, 6) is -0.759. The smallest absolute Gasteiger partial charge is 0.330 e. The quantitative estimate of drug-likeness (QED) is 0.232. The first-order valence-corrected chi connectivity index (χ1v) is 12.5. The lowest BCUT2D eigenvalue weighted by atomic mass is 10.3. The molecule has 0 atom stereocenters. The van der Waals surface area contributed by atoms with Gasteiger partial charge in [0, 0.05) is 37.2 Å². The Kier molecular flexibility index (Phi) is 16.0. The van der Waals surface area contributed by atoms with Crippen LogP contribution in [0, 0.1) is 0 Å². The minimum atomic E-state index is -3.61. The maximum absolute atomic E-state index is 12.6. The number of rotatable bonds is 12. The van der Waals surface area contributed by atoms with Crippen molar-refractivity contribution in [2.75, 3.05) is 26.4 Å². The fourth-order valence-corrected chi connectivity index (χ4v) is 3.34. The van der Waals surface area contributed by atoms with Gasteiger partial charge in [0.05, 0.1) is 23.0 Å². The highest BCUT2D eigenvalue weighted by Gasteiger charge is 2.17. The number of ether oxygens (including phenoxy) is 2. The highest BCUT2D eigenvalue weighted by Crippen LogP contribution is 2.25. The Morgan fingerprint density at radius 3 is 1.19 bits per heavy atom. The summed E-state index contributed by atoms with van der Waals surface area (Å²) in [6, 6.07) is 12.4. The minimum Gasteiger partial charge on any atom is -0.494 e. The number of carboxylic acid groups (broad SMARTS) is 2. The van der Waals surface area contributed by atoms with Crippen LogP contribution in [0.1, 0.15) is 26.7 Å². The third-order valence-corrected chi connectivity index (χ3v) is 5.93. The Balaban J connectivity index is 0.000000896. The van der Waals surface area contributed by atoms with Crippen molar-refractivity contribution in [3.8, 4) is 11.5 Å². The Morgan fingerprint density at radius 2 is 0.973 bits per heavy atom. The van der Waals surface area contributed by atoms with Gasteiger partial charge < -0.3 is 29.9 Å². The van der Waals surface area contributed by atoms with E-state index in [1.807, 2.05) is 0 Å². The molecule has 2 aromatic rings. The molecule has 204 valence electrons. The Hall–Kier alpha value is -3.67. The van der Waals surface area contributed by atoms with Crippen molar-refractivity contribution in [1.29, 1.82) is 0 Å². The van der Waals surface area contributed by atoms with E-state index in [-0.39, 0.29) is 34.2 Å². The van der Waals surface area contributed by atoms with Gasteiger partial charge in [-0.1, -0.05) is 13.2 Å². The molecule has 2 rings (SSSR count). The highest BCUT2D eigenvalue weighted by atomic mass is 32.2. The van der Waals surface area contributed by atoms with Crippen LogP contribution in [0.4, 0.5) is 0 Å². The fourth-order valence-electron chi connectivity index (χ4n) is 2.08. The summed E-state index contributed by atoms with van der Waals surface area (Å²) in [5.41, 5.74) is 0.352. The van der Waals surface area contributed by atoms with E-state index in [1.54, 1.807) is 24.3 Å². The molecule has 37 heavy (non-hydrogen) atoms. The van der Waals surface area contributed by atoms with Crippen LogP contribution in [-0.4, -0.2) is 67.2 Å². The van der Waals surface area contributed by atoms with Gasteiger partial charge in [-0.3, -0.25) is 0 Å². The Morgan fingerprint density at radius 1 is 0.703 bits per heavy atom. The van der Waals surface area contributed by atoms with E-state index in [0.29, 0.717) is 37.6 Å². The standard InChI is InChI=1S/C18H22O6S.2C4H6O2/c19-11-1-13-23-15-3-7-17(8-4-15)25(21,22)18-9-5-16(6-10-18)24-14-2-12-20;2*1-3(2)4(5)6/h3-10,19-20H,1-2,11-14H2;2*1H2,2H3,(H,5,6). The molecule has 2 aromatic carbocycles.